The van der Waals surface area contributed by atoms with E-state index in [1.807, 2.05) is 30.3 Å². The third kappa shape index (κ3) is 5.49. The second kappa shape index (κ2) is 8.60. The van der Waals surface area contributed by atoms with Gasteiger partial charge in [0.25, 0.3) is 0 Å². The maximum atomic E-state index is 5.92. The normalized spacial score (nSPS) is 11.1. The first-order valence-electron chi connectivity index (χ1n) is 9.11. The van der Waals surface area contributed by atoms with Gasteiger partial charge in [0, 0.05) is 18.3 Å². The molecule has 27 heavy (non-hydrogen) atoms. The summed E-state index contributed by atoms with van der Waals surface area (Å²) in [6, 6.07) is 18.8. The molecule has 1 heterocycles. The number of hydrogen-bond donors (Lipinski definition) is 2. The van der Waals surface area contributed by atoms with Crippen molar-refractivity contribution in [1.29, 1.82) is 0 Å². The molecule has 1 aromatic heterocycles. The van der Waals surface area contributed by atoms with Gasteiger partial charge in [-0.25, -0.2) is 0 Å². The van der Waals surface area contributed by atoms with Crippen molar-refractivity contribution in [2.24, 2.45) is 0 Å². The predicted molar refractivity (Wildman–Crippen MR) is 110 cm³/mol. The Morgan fingerprint density at radius 1 is 0.926 bits per heavy atom. The molecule has 3 N–H and O–H groups in total. The molecule has 0 aliphatic carbocycles. The van der Waals surface area contributed by atoms with Crippen LogP contribution in [0.1, 0.15) is 30.8 Å². The first kappa shape index (κ1) is 18.8. The topological polar surface area (TPSA) is 80.0 Å². The summed E-state index contributed by atoms with van der Waals surface area (Å²) in [5, 5.41) is 3.20. The van der Waals surface area contributed by atoms with E-state index in [2.05, 4.69) is 70.2 Å². The molecule has 0 aliphatic heterocycles. The third-order valence-corrected chi connectivity index (χ3v) is 4.31. The summed E-state index contributed by atoms with van der Waals surface area (Å²) >= 11 is 0. The summed E-state index contributed by atoms with van der Waals surface area (Å²) in [4.78, 5) is 15.4. The van der Waals surface area contributed by atoms with E-state index in [-0.39, 0.29) is 5.95 Å². The Labute approximate surface area is 160 Å². The number of nitrogen functional groups attached to an aromatic ring is 1. The molecule has 3 aromatic rings. The fourth-order valence-corrected chi connectivity index (χ4v) is 2.75. The van der Waals surface area contributed by atoms with E-state index < -0.39 is 0 Å². The summed E-state index contributed by atoms with van der Waals surface area (Å²) in [6.07, 6.45) is 0. The van der Waals surface area contributed by atoms with E-state index in [0.29, 0.717) is 24.4 Å². The SMILES string of the molecule is Cc1ccc(Nc2nc(N)nc(CN(Cc3ccccc3)C(C)C)n2)cc1. The average Bonchev–Trinajstić information content (AvgIpc) is 2.63. The second-order valence-electron chi connectivity index (χ2n) is 6.91. The standard InChI is InChI=1S/C21H26N6/c1-15(2)27(13-17-7-5-4-6-8-17)14-19-24-20(22)26-21(25-19)23-18-11-9-16(3)10-12-18/h4-12,15H,13-14H2,1-3H3,(H3,22,23,24,25,26). The molecule has 3 rings (SSSR count). The molecule has 0 atom stereocenters. The number of rotatable bonds is 7. The number of hydrogen-bond acceptors (Lipinski definition) is 6. The number of benzene rings is 2. The maximum Gasteiger partial charge on any atom is 0.232 e. The molecule has 6 nitrogen and oxygen atoms in total. The van der Waals surface area contributed by atoms with Crippen LogP contribution in [0.15, 0.2) is 54.6 Å². The Morgan fingerprint density at radius 3 is 2.30 bits per heavy atom. The summed E-state index contributed by atoms with van der Waals surface area (Å²) in [6.45, 7) is 7.81. The molecule has 0 fully saturated rings. The third-order valence-electron chi connectivity index (χ3n) is 4.31. The smallest absolute Gasteiger partial charge is 0.232 e. The van der Waals surface area contributed by atoms with Gasteiger partial charge in [0.2, 0.25) is 11.9 Å². The van der Waals surface area contributed by atoms with Gasteiger partial charge in [-0.15, -0.1) is 0 Å². The minimum atomic E-state index is 0.220. The zero-order valence-electron chi connectivity index (χ0n) is 16.1. The molecular weight excluding hydrogens is 336 g/mol. The predicted octanol–water partition coefficient (Wildman–Crippen LogP) is 3.92. The van der Waals surface area contributed by atoms with Crippen LogP contribution in [-0.2, 0) is 13.1 Å². The number of nitrogens with two attached hydrogens (primary N) is 1. The fraction of sp³-hybridized carbons (Fsp3) is 0.286. The molecule has 2 aromatic carbocycles. The highest BCUT2D eigenvalue weighted by Crippen LogP contribution is 2.16. The Morgan fingerprint density at radius 2 is 1.63 bits per heavy atom. The van der Waals surface area contributed by atoms with E-state index >= 15 is 0 Å². The van der Waals surface area contributed by atoms with Crippen LogP contribution in [0, 0.1) is 6.92 Å². The molecule has 0 bridgehead atoms. The zero-order valence-corrected chi connectivity index (χ0v) is 16.1. The van der Waals surface area contributed by atoms with E-state index in [4.69, 9.17) is 5.73 Å². The van der Waals surface area contributed by atoms with Crippen molar-refractivity contribution in [2.75, 3.05) is 11.1 Å². The lowest BCUT2D eigenvalue weighted by Gasteiger charge is -2.26. The number of aromatic nitrogens is 3. The number of anilines is 3. The molecular formula is C21H26N6. The van der Waals surface area contributed by atoms with Gasteiger partial charge in [0.1, 0.15) is 5.82 Å². The van der Waals surface area contributed by atoms with Crippen molar-refractivity contribution in [1.82, 2.24) is 19.9 Å². The van der Waals surface area contributed by atoms with Gasteiger partial charge in [-0.1, -0.05) is 48.0 Å². The van der Waals surface area contributed by atoms with E-state index in [0.717, 1.165) is 12.2 Å². The van der Waals surface area contributed by atoms with E-state index in [1.165, 1.54) is 11.1 Å². The highest BCUT2D eigenvalue weighted by atomic mass is 15.2. The zero-order chi connectivity index (χ0) is 19.2. The highest BCUT2D eigenvalue weighted by Gasteiger charge is 2.14. The summed E-state index contributed by atoms with van der Waals surface area (Å²) in [7, 11) is 0. The lowest BCUT2D eigenvalue weighted by molar-refractivity contribution is 0.198. The van der Waals surface area contributed by atoms with Gasteiger partial charge in [-0.2, -0.15) is 15.0 Å². The van der Waals surface area contributed by atoms with Crippen molar-refractivity contribution in [3.63, 3.8) is 0 Å². The Kier molecular flexibility index (Phi) is 5.98. The fourth-order valence-electron chi connectivity index (χ4n) is 2.75. The van der Waals surface area contributed by atoms with Gasteiger partial charge >= 0.3 is 0 Å². The lowest BCUT2D eigenvalue weighted by atomic mass is 10.2. The molecule has 0 saturated carbocycles. The molecule has 6 heteroatoms. The van der Waals surface area contributed by atoms with Crippen LogP contribution >= 0.6 is 0 Å². The largest absolute Gasteiger partial charge is 0.368 e. The van der Waals surface area contributed by atoms with Crippen LogP contribution in [0.2, 0.25) is 0 Å². The minimum Gasteiger partial charge on any atom is -0.368 e. The highest BCUT2D eigenvalue weighted by molar-refractivity contribution is 5.54. The van der Waals surface area contributed by atoms with E-state index in [1.54, 1.807) is 0 Å². The van der Waals surface area contributed by atoms with Crippen molar-refractivity contribution >= 4 is 17.6 Å². The van der Waals surface area contributed by atoms with Gasteiger partial charge in [-0.3, -0.25) is 4.90 Å². The lowest BCUT2D eigenvalue weighted by Crippen LogP contribution is -2.31. The molecule has 0 radical (unpaired) electrons. The van der Waals surface area contributed by atoms with Crippen LogP contribution in [-0.4, -0.2) is 25.9 Å². The van der Waals surface area contributed by atoms with Crippen molar-refractivity contribution in [3.05, 3.63) is 71.5 Å². The van der Waals surface area contributed by atoms with Crippen LogP contribution in [0.4, 0.5) is 17.6 Å². The number of aryl methyl sites for hydroxylation is 1. The monoisotopic (exact) mass is 362 g/mol. The Hall–Kier alpha value is -2.99. The Balaban J connectivity index is 1.76. The first-order valence-corrected chi connectivity index (χ1v) is 9.11. The van der Waals surface area contributed by atoms with Gasteiger partial charge in [0.05, 0.1) is 6.54 Å². The summed E-state index contributed by atoms with van der Waals surface area (Å²) < 4.78 is 0. The van der Waals surface area contributed by atoms with Crippen molar-refractivity contribution in [3.8, 4) is 0 Å². The molecule has 0 aliphatic rings. The van der Waals surface area contributed by atoms with Crippen LogP contribution in [0.3, 0.4) is 0 Å². The van der Waals surface area contributed by atoms with Gasteiger partial charge in [0.15, 0.2) is 0 Å². The minimum absolute atomic E-state index is 0.220. The van der Waals surface area contributed by atoms with Crippen LogP contribution < -0.4 is 11.1 Å². The quantitative estimate of drug-likeness (QED) is 0.663. The average molecular weight is 362 g/mol. The Bertz CT molecular complexity index is 862. The molecule has 140 valence electrons. The van der Waals surface area contributed by atoms with Crippen molar-refractivity contribution in [2.45, 2.75) is 39.9 Å². The summed E-state index contributed by atoms with van der Waals surface area (Å²) in [5.74, 6) is 1.34. The second-order valence-corrected chi connectivity index (χ2v) is 6.91. The molecule has 0 amide bonds. The first-order chi connectivity index (χ1) is 13.0. The van der Waals surface area contributed by atoms with Crippen molar-refractivity contribution < 1.29 is 0 Å². The molecule has 0 saturated heterocycles. The van der Waals surface area contributed by atoms with Crippen LogP contribution in [0.25, 0.3) is 0 Å². The molecule has 0 unspecified atom stereocenters. The number of nitrogens with zero attached hydrogens (tertiary/aromatic N) is 4. The number of nitrogens with one attached hydrogen (secondary N) is 1. The van der Waals surface area contributed by atoms with E-state index in [9.17, 15) is 0 Å². The van der Waals surface area contributed by atoms with Crippen LogP contribution in [0.5, 0.6) is 0 Å². The van der Waals surface area contributed by atoms with Gasteiger partial charge < -0.3 is 11.1 Å². The molecule has 0 spiro atoms. The van der Waals surface area contributed by atoms with Gasteiger partial charge in [-0.05, 0) is 38.5 Å². The summed E-state index contributed by atoms with van der Waals surface area (Å²) in [5.41, 5.74) is 9.29. The maximum absolute atomic E-state index is 5.92.